The Labute approximate surface area is 171 Å². The number of benzene rings is 1. The van der Waals surface area contributed by atoms with E-state index in [2.05, 4.69) is 9.97 Å². The van der Waals surface area contributed by atoms with Crippen LogP contribution in [0, 0.1) is 11.7 Å². The van der Waals surface area contributed by atoms with E-state index < -0.39 is 23.6 Å². The zero-order valence-corrected chi connectivity index (χ0v) is 16.3. The Hall–Kier alpha value is -3.29. The van der Waals surface area contributed by atoms with Gasteiger partial charge in [0.2, 0.25) is 0 Å². The zero-order chi connectivity index (χ0) is 21.9. The van der Waals surface area contributed by atoms with Crippen molar-refractivity contribution in [2.45, 2.75) is 20.0 Å². The molecule has 0 unspecified atom stereocenters. The average Bonchev–Trinajstić information content (AvgIpc) is 2.71. The van der Waals surface area contributed by atoms with E-state index in [9.17, 15) is 22.4 Å². The Morgan fingerprint density at radius 3 is 2.37 bits per heavy atom. The molecule has 8 heteroatoms. The van der Waals surface area contributed by atoms with Gasteiger partial charge in [-0.25, -0.2) is 9.37 Å². The normalized spacial score (nSPS) is 11.6. The highest BCUT2D eigenvalue weighted by Crippen LogP contribution is 2.37. The molecule has 0 atom stereocenters. The number of amides is 1. The van der Waals surface area contributed by atoms with Gasteiger partial charge < -0.3 is 4.90 Å². The standard InChI is InChI=1S/C22H19F4N3O/c1-14(2)13-29(21(30)15-6-4-3-5-7-15)19-9-8-18(28-20(19)22(24,25)26)16-10-17(23)12-27-11-16/h3-12,14H,13H2,1-2H3. The van der Waals surface area contributed by atoms with Gasteiger partial charge in [-0.3, -0.25) is 9.78 Å². The van der Waals surface area contributed by atoms with E-state index in [-0.39, 0.29) is 35.0 Å². The van der Waals surface area contributed by atoms with Gasteiger partial charge in [0.15, 0.2) is 5.69 Å². The lowest BCUT2D eigenvalue weighted by atomic mass is 10.1. The molecule has 0 aliphatic rings. The quantitative estimate of drug-likeness (QED) is 0.508. The van der Waals surface area contributed by atoms with Crippen molar-refractivity contribution >= 4 is 11.6 Å². The van der Waals surface area contributed by atoms with Crippen LogP contribution in [0.15, 0.2) is 60.9 Å². The molecule has 0 saturated heterocycles. The summed E-state index contributed by atoms with van der Waals surface area (Å²) < 4.78 is 55.2. The summed E-state index contributed by atoms with van der Waals surface area (Å²) in [5, 5.41) is 0. The van der Waals surface area contributed by atoms with Crippen LogP contribution in [0.5, 0.6) is 0 Å². The van der Waals surface area contributed by atoms with Crippen molar-refractivity contribution in [2.24, 2.45) is 5.92 Å². The van der Waals surface area contributed by atoms with Crippen molar-refractivity contribution in [1.82, 2.24) is 9.97 Å². The molecule has 0 radical (unpaired) electrons. The lowest BCUT2D eigenvalue weighted by Gasteiger charge is -2.27. The first-order chi connectivity index (χ1) is 14.2. The fraction of sp³-hybridized carbons (Fsp3) is 0.227. The van der Waals surface area contributed by atoms with Gasteiger partial charge in [0.1, 0.15) is 5.82 Å². The monoisotopic (exact) mass is 417 g/mol. The van der Waals surface area contributed by atoms with Crippen LogP contribution in [-0.4, -0.2) is 22.4 Å². The zero-order valence-electron chi connectivity index (χ0n) is 16.3. The van der Waals surface area contributed by atoms with Crippen LogP contribution < -0.4 is 4.90 Å². The predicted molar refractivity (Wildman–Crippen MR) is 105 cm³/mol. The third kappa shape index (κ3) is 4.82. The van der Waals surface area contributed by atoms with E-state index in [1.165, 1.54) is 18.3 Å². The molecule has 0 bridgehead atoms. The molecule has 2 heterocycles. The summed E-state index contributed by atoms with van der Waals surface area (Å²) in [5.74, 6) is -1.34. The number of anilines is 1. The van der Waals surface area contributed by atoms with Gasteiger partial charge in [-0.05, 0) is 36.2 Å². The minimum Gasteiger partial charge on any atom is -0.306 e. The molecule has 4 nitrogen and oxygen atoms in total. The molecule has 0 fully saturated rings. The molecule has 3 aromatic rings. The van der Waals surface area contributed by atoms with Crippen LogP contribution in [-0.2, 0) is 6.18 Å². The Balaban J connectivity index is 2.14. The fourth-order valence-corrected chi connectivity index (χ4v) is 2.98. The van der Waals surface area contributed by atoms with Gasteiger partial charge in [0.05, 0.1) is 17.6 Å². The molecule has 1 amide bonds. The van der Waals surface area contributed by atoms with Gasteiger partial charge in [0.25, 0.3) is 5.91 Å². The van der Waals surface area contributed by atoms with Gasteiger partial charge in [-0.2, -0.15) is 13.2 Å². The first-order valence-corrected chi connectivity index (χ1v) is 9.23. The van der Waals surface area contributed by atoms with Gasteiger partial charge in [-0.15, -0.1) is 0 Å². The van der Waals surface area contributed by atoms with Gasteiger partial charge in [-0.1, -0.05) is 32.0 Å². The highest BCUT2D eigenvalue weighted by molar-refractivity contribution is 6.06. The minimum atomic E-state index is -4.82. The fourth-order valence-electron chi connectivity index (χ4n) is 2.98. The first kappa shape index (κ1) is 21.4. The molecule has 0 spiro atoms. The van der Waals surface area contributed by atoms with E-state index in [1.807, 2.05) is 0 Å². The molecule has 0 N–H and O–H groups in total. The molecule has 0 aliphatic heterocycles. The van der Waals surface area contributed by atoms with Crippen LogP contribution in [0.1, 0.15) is 29.9 Å². The number of hydrogen-bond donors (Lipinski definition) is 0. The SMILES string of the molecule is CC(C)CN(C(=O)c1ccccc1)c1ccc(-c2cncc(F)c2)nc1C(F)(F)F. The smallest absolute Gasteiger partial charge is 0.306 e. The van der Waals surface area contributed by atoms with Crippen LogP contribution in [0.25, 0.3) is 11.3 Å². The maximum absolute atomic E-state index is 13.9. The third-order valence-electron chi connectivity index (χ3n) is 4.25. The molecular weight excluding hydrogens is 398 g/mol. The molecule has 0 aliphatic carbocycles. The number of pyridine rings is 2. The van der Waals surface area contributed by atoms with E-state index in [1.54, 1.807) is 44.2 Å². The summed E-state index contributed by atoms with van der Waals surface area (Å²) in [7, 11) is 0. The van der Waals surface area contributed by atoms with E-state index >= 15 is 0 Å². The molecule has 30 heavy (non-hydrogen) atoms. The number of alkyl halides is 3. The number of aromatic nitrogens is 2. The highest BCUT2D eigenvalue weighted by atomic mass is 19.4. The van der Waals surface area contributed by atoms with Crippen molar-refractivity contribution in [3.8, 4) is 11.3 Å². The molecular formula is C22H19F4N3O. The second-order valence-electron chi connectivity index (χ2n) is 7.13. The van der Waals surface area contributed by atoms with Crippen molar-refractivity contribution in [3.63, 3.8) is 0 Å². The van der Waals surface area contributed by atoms with Crippen molar-refractivity contribution in [2.75, 3.05) is 11.4 Å². The third-order valence-corrected chi connectivity index (χ3v) is 4.25. The molecule has 2 aromatic heterocycles. The van der Waals surface area contributed by atoms with Gasteiger partial charge in [0, 0.05) is 23.9 Å². The maximum atomic E-state index is 13.9. The molecule has 156 valence electrons. The minimum absolute atomic E-state index is 0.0688. The summed E-state index contributed by atoms with van der Waals surface area (Å²) in [5.41, 5.74) is -1.27. The first-order valence-electron chi connectivity index (χ1n) is 9.23. The largest absolute Gasteiger partial charge is 0.435 e. The predicted octanol–water partition coefficient (Wildman–Crippen LogP) is 5.60. The number of carbonyl (C=O) groups excluding carboxylic acids is 1. The van der Waals surface area contributed by atoms with Crippen LogP contribution in [0.4, 0.5) is 23.2 Å². The number of halogens is 4. The van der Waals surface area contributed by atoms with Crippen molar-refractivity contribution in [3.05, 3.63) is 78.0 Å². The van der Waals surface area contributed by atoms with Crippen LogP contribution in [0.2, 0.25) is 0 Å². The lowest BCUT2D eigenvalue weighted by molar-refractivity contribution is -0.140. The summed E-state index contributed by atoms with van der Waals surface area (Å²) in [4.78, 5) is 21.5. The van der Waals surface area contributed by atoms with Crippen molar-refractivity contribution < 1.29 is 22.4 Å². The summed E-state index contributed by atoms with van der Waals surface area (Å²) in [6, 6.07) is 11.7. The second-order valence-corrected chi connectivity index (χ2v) is 7.13. The van der Waals surface area contributed by atoms with Crippen LogP contribution in [0.3, 0.4) is 0 Å². The van der Waals surface area contributed by atoms with E-state index in [0.717, 1.165) is 17.2 Å². The van der Waals surface area contributed by atoms with Crippen LogP contribution >= 0.6 is 0 Å². The molecule has 1 aromatic carbocycles. The Bertz CT molecular complexity index is 1040. The number of rotatable bonds is 5. The van der Waals surface area contributed by atoms with E-state index in [0.29, 0.717) is 0 Å². The van der Waals surface area contributed by atoms with E-state index in [4.69, 9.17) is 0 Å². The topological polar surface area (TPSA) is 46.1 Å². The number of hydrogen-bond acceptors (Lipinski definition) is 3. The Morgan fingerprint density at radius 2 is 1.77 bits per heavy atom. The maximum Gasteiger partial charge on any atom is 0.435 e. The second kappa shape index (κ2) is 8.61. The number of carbonyl (C=O) groups is 1. The van der Waals surface area contributed by atoms with Gasteiger partial charge >= 0.3 is 6.18 Å². The average molecular weight is 417 g/mol. The molecule has 3 rings (SSSR count). The molecule has 0 saturated carbocycles. The lowest BCUT2D eigenvalue weighted by Crippen LogP contribution is -2.36. The summed E-state index contributed by atoms with van der Waals surface area (Å²) >= 11 is 0. The highest BCUT2D eigenvalue weighted by Gasteiger charge is 2.38. The summed E-state index contributed by atoms with van der Waals surface area (Å²) in [6.45, 7) is 3.68. The summed E-state index contributed by atoms with van der Waals surface area (Å²) in [6.07, 6.45) is -2.64. The Kier molecular flexibility index (Phi) is 6.14. The number of nitrogens with zero attached hydrogens (tertiary/aromatic N) is 3. The van der Waals surface area contributed by atoms with Crippen molar-refractivity contribution in [1.29, 1.82) is 0 Å². The Morgan fingerprint density at radius 1 is 1.07 bits per heavy atom.